The molecule has 2 atom stereocenters. The first kappa shape index (κ1) is 18.7. The molecule has 1 amide bonds. The molecule has 27 heavy (non-hydrogen) atoms. The van der Waals surface area contributed by atoms with Gasteiger partial charge < -0.3 is 15.0 Å². The van der Waals surface area contributed by atoms with Crippen molar-refractivity contribution in [3.63, 3.8) is 0 Å². The van der Waals surface area contributed by atoms with E-state index in [0.717, 1.165) is 28.6 Å². The predicted molar refractivity (Wildman–Crippen MR) is 107 cm³/mol. The third kappa shape index (κ3) is 4.03. The Balaban J connectivity index is 1.70. The zero-order valence-corrected chi connectivity index (χ0v) is 15.8. The maximum absolute atomic E-state index is 12.5. The Bertz CT molecular complexity index is 961. The standard InChI is InChI=1S/C22H24N2O3/c1-4-14(2)16-9-5-8-12-20(16)24-21(25)15(3)27-22(26)18-13-23-19-11-7-6-10-17(18)19/h5-15,23H,4H2,1-3H3,(H,24,25)/t14-,15-/m1/s1. The number of H-pyrrole nitrogens is 1. The third-order valence-corrected chi connectivity index (χ3v) is 4.82. The van der Waals surface area contributed by atoms with Crippen molar-refractivity contribution in [2.24, 2.45) is 0 Å². The summed E-state index contributed by atoms with van der Waals surface area (Å²) in [4.78, 5) is 28.1. The predicted octanol–water partition coefficient (Wildman–Crippen LogP) is 4.87. The molecule has 0 radical (unpaired) electrons. The van der Waals surface area contributed by atoms with E-state index >= 15 is 0 Å². The molecule has 2 N–H and O–H groups in total. The van der Waals surface area contributed by atoms with Crippen LogP contribution in [0.2, 0.25) is 0 Å². The molecule has 2 aromatic carbocycles. The number of hydrogen-bond donors (Lipinski definition) is 2. The lowest BCUT2D eigenvalue weighted by molar-refractivity contribution is -0.123. The van der Waals surface area contributed by atoms with Crippen LogP contribution in [-0.4, -0.2) is 23.0 Å². The molecule has 5 heteroatoms. The Morgan fingerprint density at radius 1 is 1.07 bits per heavy atom. The second-order valence-electron chi connectivity index (χ2n) is 6.68. The summed E-state index contributed by atoms with van der Waals surface area (Å²) in [5, 5.41) is 3.66. The van der Waals surface area contributed by atoms with E-state index in [-0.39, 0.29) is 5.91 Å². The number of para-hydroxylation sites is 2. The number of esters is 1. The van der Waals surface area contributed by atoms with E-state index < -0.39 is 12.1 Å². The largest absolute Gasteiger partial charge is 0.449 e. The SMILES string of the molecule is CC[C@@H](C)c1ccccc1NC(=O)[C@@H](C)OC(=O)c1c[nH]c2ccccc12. The highest BCUT2D eigenvalue weighted by Gasteiger charge is 2.22. The molecule has 140 valence electrons. The molecule has 0 saturated heterocycles. The summed E-state index contributed by atoms with van der Waals surface area (Å²) in [5.41, 5.74) is 3.10. The van der Waals surface area contributed by atoms with Gasteiger partial charge in [-0.25, -0.2) is 4.79 Å². The molecular formula is C22H24N2O3. The molecule has 0 aliphatic rings. The van der Waals surface area contributed by atoms with Crippen LogP contribution in [0.25, 0.3) is 10.9 Å². The number of nitrogens with one attached hydrogen (secondary N) is 2. The van der Waals surface area contributed by atoms with E-state index in [4.69, 9.17) is 4.74 Å². The van der Waals surface area contributed by atoms with Crippen LogP contribution in [0.4, 0.5) is 5.69 Å². The van der Waals surface area contributed by atoms with Gasteiger partial charge in [0.2, 0.25) is 0 Å². The molecule has 0 aliphatic carbocycles. The van der Waals surface area contributed by atoms with Gasteiger partial charge in [0.05, 0.1) is 5.56 Å². The van der Waals surface area contributed by atoms with Crippen LogP contribution < -0.4 is 5.32 Å². The van der Waals surface area contributed by atoms with Crippen molar-refractivity contribution in [3.8, 4) is 0 Å². The number of carbonyl (C=O) groups is 2. The number of fused-ring (bicyclic) bond motifs is 1. The first-order valence-electron chi connectivity index (χ1n) is 9.18. The Morgan fingerprint density at radius 2 is 1.78 bits per heavy atom. The van der Waals surface area contributed by atoms with Crippen molar-refractivity contribution < 1.29 is 14.3 Å². The number of aromatic amines is 1. The molecule has 0 aliphatic heterocycles. The maximum atomic E-state index is 12.5. The van der Waals surface area contributed by atoms with Gasteiger partial charge in [-0.3, -0.25) is 4.79 Å². The molecule has 0 unspecified atom stereocenters. The first-order chi connectivity index (χ1) is 13.0. The van der Waals surface area contributed by atoms with Gasteiger partial charge in [0.15, 0.2) is 6.10 Å². The van der Waals surface area contributed by atoms with E-state index in [1.165, 1.54) is 0 Å². The minimum absolute atomic E-state index is 0.325. The molecule has 0 bridgehead atoms. The van der Waals surface area contributed by atoms with Gasteiger partial charge in [-0.2, -0.15) is 0 Å². The lowest BCUT2D eigenvalue weighted by atomic mass is 9.97. The Morgan fingerprint density at radius 3 is 2.56 bits per heavy atom. The van der Waals surface area contributed by atoms with Gasteiger partial charge >= 0.3 is 5.97 Å². The van der Waals surface area contributed by atoms with E-state index in [2.05, 4.69) is 24.1 Å². The molecule has 0 fully saturated rings. The van der Waals surface area contributed by atoms with Crippen molar-refractivity contribution in [2.75, 3.05) is 5.32 Å². The number of hydrogen-bond acceptors (Lipinski definition) is 3. The summed E-state index contributed by atoms with van der Waals surface area (Å²) in [7, 11) is 0. The van der Waals surface area contributed by atoms with E-state index in [9.17, 15) is 9.59 Å². The number of rotatable bonds is 6. The summed E-state index contributed by atoms with van der Waals surface area (Å²) < 4.78 is 5.39. The molecule has 3 rings (SSSR count). The molecule has 0 saturated carbocycles. The number of benzene rings is 2. The number of aromatic nitrogens is 1. The summed E-state index contributed by atoms with van der Waals surface area (Å²) in [6.45, 7) is 5.80. The summed E-state index contributed by atoms with van der Waals surface area (Å²) in [6, 6.07) is 15.2. The van der Waals surface area contributed by atoms with Gasteiger partial charge in [-0.15, -0.1) is 0 Å². The lowest BCUT2D eigenvalue weighted by Crippen LogP contribution is -2.30. The van der Waals surface area contributed by atoms with Crippen LogP contribution in [0.5, 0.6) is 0 Å². The van der Waals surface area contributed by atoms with Gasteiger partial charge in [0.1, 0.15) is 0 Å². The quantitative estimate of drug-likeness (QED) is 0.613. The topological polar surface area (TPSA) is 71.2 Å². The smallest absolute Gasteiger partial charge is 0.341 e. The average molecular weight is 364 g/mol. The van der Waals surface area contributed by atoms with Gasteiger partial charge in [0.25, 0.3) is 5.91 Å². The average Bonchev–Trinajstić information content (AvgIpc) is 3.12. The Labute approximate surface area is 158 Å². The van der Waals surface area contributed by atoms with E-state index in [0.29, 0.717) is 11.5 Å². The van der Waals surface area contributed by atoms with E-state index in [1.54, 1.807) is 13.1 Å². The first-order valence-corrected chi connectivity index (χ1v) is 9.18. The molecule has 3 aromatic rings. The lowest BCUT2D eigenvalue weighted by Gasteiger charge is -2.18. The second-order valence-corrected chi connectivity index (χ2v) is 6.68. The molecule has 5 nitrogen and oxygen atoms in total. The zero-order chi connectivity index (χ0) is 19.4. The fourth-order valence-electron chi connectivity index (χ4n) is 3.01. The second kappa shape index (κ2) is 8.08. The van der Waals surface area contributed by atoms with Crippen molar-refractivity contribution in [1.82, 2.24) is 4.98 Å². The summed E-state index contributed by atoms with van der Waals surface area (Å²) >= 11 is 0. The molecular weight excluding hydrogens is 340 g/mol. The highest BCUT2D eigenvalue weighted by Crippen LogP contribution is 2.27. The van der Waals surface area contributed by atoms with Crippen LogP contribution in [0, 0.1) is 0 Å². The third-order valence-electron chi connectivity index (χ3n) is 4.82. The zero-order valence-electron chi connectivity index (χ0n) is 15.8. The van der Waals surface area contributed by atoms with Crippen LogP contribution >= 0.6 is 0 Å². The number of ether oxygens (including phenoxy) is 1. The normalized spacial score (nSPS) is 13.1. The van der Waals surface area contributed by atoms with Crippen molar-refractivity contribution >= 4 is 28.5 Å². The van der Waals surface area contributed by atoms with Crippen molar-refractivity contribution in [3.05, 3.63) is 65.9 Å². The fourth-order valence-corrected chi connectivity index (χ4v) is 3.01. The maximum Gasteiger partial charge on any atom is 0.341 e. The summed E-state index contributed by atoms with van der Waals surface area (Å²) in [6.07, 6.45) is 1.67. The van der Waals surface area contributed by atoms with Crippen LogP contribution in [0.15, 0.2) is 54.7 Å². The summed E-state index contributed by atoms with van der Waals surface area (Å²) in [5.74, 6) is -0.546. The van der Waals surface area contributed by atoms with Gasteiger partial charge in [-0.1, -0.05) is 50.2 Å². The fraction of sp³-hybridized carbons (Fsp3) is 0.273. The highest BCUT2D eigenvalue weighted by molar-refractivity contribution is 6.05. The minimum atomic E-state index is -0.906. The van der Waals surface area contributed by atoms with Crippen LogP contribution in [-0.2, 0) is 9.53 Å². The number of carbonyl (C=O) groups excluding carboxylic acids is 2. The number of amides is 1. The highest BCUT2D eigenvalue weighted by atomic mass is 16.5. The Hall–Kier alpha value is -3.08. The molecule has 0 spiro atoms. The van der Waals surface area contributed by atoms with Crippen LogP contribution in [0.3, 0.4) is 0 Å². The monoisotopic (exact) mass is 364 g/mol. The van der Waals surface area contributed by atoms with Crippen molar-refractivity contribution in [2.45, 2.75) is 39.2 Å². The minimum Gasteiger partial charge on any atom is -0.449 e. The van der Waals surface area contributed by atoms with Crippen molar-refractivity contribution in [1.29, 1.82) is 0 Å². The number of anilines is 1. The molecule has 1 heterocycles. The van der Waals surface area contributed by atoms with Gasteiger partial charge in [-0.05, 0) is 37.0 Å². The molecule has 1 aromatic heterocycles. The van der Waals surface area contributed by atoms with E-state index in [1.807, 2.05) is 48.5 Å². The van der Waals surface area contributed by atoms with Gasteiger partial charge in [0, 0.05) is 22.8 Å². The van der Waals surface area contributed by atoms with Crippen LogP contribution in [0.1, 0.15) is 49.0 Å². The Kier molecular flexibility index (Phi) is 5.60.